The average Bonchev–Trinajstić information content (AvgIpc) is 2.93. The lowest BCUT2D eigenvalue weighted by atomic mass is 9.98. The molecule has 0 heterocycles. The summed E-state index contributed by atoms with van der Waals surface area (Å²) in [7, 11) is 0. The Bertz CT molecular complexity index is 819. The molecule has 0 spiro atoms. The number of rotatable bonds is 7. The lowest BCUT2D eigenvalue weighted by Gasteiger charge is -2.18. The smallest absolute Gasteiger partial charge is 0.407 e. The molecular formula is C20H20N2O5. The first kappa shape index (κ1) is 18.4. The number of amides is 2. The minimum Gasteiger partial charge on any atom is -0.481 e. The molecule has 0 fully saturated rings. The van der Waals surface area contributed by atoms with Crippen molar-refractivity contribution in [1.82, 2.24) is 5.32 Å². The van der Waals surface area contributed by atoms with Gasteiger partial charge in [-0.2, -0.15) is 0 Å². The number of carboxylic acid groups (broad SMARTS) is 1. The Kier molecular flexibility index (Phi) is 5.40. The minimum atomic E-state index is -1.14. The lowest BCUT2D eigenvalue weighted by molar-refractivity contribution is -0.137. The van der Waals surface area contributed by atoms with Crippen LogP contribution >= 0.6 is 0 Å². The molecule has 1 aliphatic rings. The maximum absolute atomic E-state index is 12.1. The number of alkyl carbamates (subject to hydrolysis) is 1. The Hall–Kier alpha value is -3.35. The van der Waals surface area contributed by atoms with Gasteiger partial charge in [-0.15, -0.1) is 0 Å². The lowest BCUT2D eigenvalue weighted by Crippen LogP contribution is -2.40. The number of carbonyl (C=O) groups is 3. The molecule has 3 rings (SSSR count). The van der Waals surface area contributed by atoms with Gasteiger partial charge in [0.05, 0.1) is 12.5 Å². The van der Waals surface area contributed by atoms with Crippen molar-refractivity contribution in [3.63, 3.8) is 0 Å². The van der Waals surface area contributed by atoms with E-state index in [0.717, 1.165) is 22.3 Å². The molecule has 0 saturated heterocycles. The van der Waals surface area contributed by atoms with E-state index in [4.69, 9.17) is 15.6 Å². The van der Waals surface area contributed by atoms with Gasteiger partial charge in [-0.3, -0.25) is 9.59 Å². The zero-order valence-corrected chi connectivity index (χ0v) is 14.6. The number of primary amides is 1. The summed E-state index contributed by atoms with van der Waals surface area (Å²) in [5, 5.41) is 11.3. The van der Waals surface area contributed by atoms with E-state index < -0.39 is 30.4 Å². The quantitative estimate of drug-likeness (QED) is 0.692. The van der Waals surface area contributed by atoms with E-state index in [-0.39, 0.29) is 18.9 Å². The van der Waals surface area contributed by atoms with E-state index in [0.29, 0.717) is 0 Å². The van der Waals surface area contributed by atoms with E-state index in [2.05, 4.69) is 5.32 Å². The number of nitrogens with one attached hydrogen (secondary N) is 1. The SMILES string of the molecule is NC(=O)CC(CC(=O)O)NC(=O)OCC1c2ccccc2-c2ccccc21. The van der Waals surface area contributed by atoms with Gasteiger partial charge in [0.15, 0.2) is 0 Å². The maximum Gasteiger partial charge on any atom is 0.407 e. The van der Waals surface area contributed by atoms with Gasteiger partial charge in [0, 0.05) is 12.3 Å². The zero-order chi connectivity index (χ0) is 19.4. The summed E-state index contributed by atoms with van der Waals surface area (Å²) >= 11 is 0. The summed E-state index contributed by atoms with van der Waals surface area (Å²) in [5.41, 5.74) is 9.47. The van der Waals surface area contributed by atoms with Crippen LogP contribution in [0.5, 0.6) is 0 Å². The molecule has 1 aliphatic carbocycles. The number of benzene rings is 2. The molecule has 7 heteroatoms. The Balaban J connectivity index is 1.68. The number of fused-ring (bicyclic) bond motifs is 3. The second-order valence-corrected chi connectivity index (χ2v) is 6.44. The molecule has 140 valence electrons. The number of nitrogens with two attached hydrogens (primary N) is 1. The Labute approximate surface area is 156 Å². The van der Waals surface area contributed by atoms with Gasteiger partial charge >= 0.3 is 12.1 Å². The Morgan fingerprint density at radius 1 is 1.00 bits per heavy atom. The number of aliphatic carboxylic acids is 1. The van der Waals surface area contributed by atoms with Crippen LogP contribution in [0, 0.1) is 0 Å². The molecule has 0 radical (unpaired) electrons. The molecule has 7 nitrogen and oxygen atoms in total. The fraction of sp³-hybridized carbons (Fsp3) is 0.250. The van der Waals surface area contributed by atoms with Gasteiger partial charge in [0.25, 0.3) is 0 Å². The van der Waals surface area contributed by atoms with Crippen molar-refractivity contribution in [3.8, 4) is 11.1 Å². The number of hydrogen-bond acceptors (Lipinski definition) is 4. The summed E-state index contributed by atoms with van der Waals surface area (Å²) in [4.78, 5) is 34.0. The predicted octanol–water partition coefficient (Wildman–Crippen LogP) is 2.24. The van der Waals surface area contributed by atoms with Crippen LogP contribution in [0.2, 0.25) is 0 Å². The number of ether oxygens (including phenoxy) is 1. The van der Waals surface area contributed by atoms with Gasteiger partial charge in [-0.05, 0) is 22.3 Å². The molecule has 2 aromatic carbocycles. The number of carboxylic acids is 1. The first-order valence-corrected chi connectivity index (χ1v) is 8.57. The van der Waals surface area contributed by atoms with Gasteiger partial charge < -0.3 is 20.9 Å². The summed E-state index contributed by atoms with van der Waals surface area (Å²) in [6, 6.07) is 15.0. The highest BCUT2D eigenvalue weighted by atomic mass is 16.5. The Morgan fingerprint density at radius 3 is 2.07 bits per heavy atom. The fourth-order valence-corrected chi connectivity index (χ4v) is 3.43. The summed E-state index contributed by atoms with van der Waals surface area (Å²) < 4.78 is 5.34. The van der Waals surface area contributed by atoms with E-state index in [1.165, 1.54) is 0 Å². The second-order valence-electron chi connectivity index (χ2n) is 6.44. The molecule has 1 atom stereocenters. The molecule has 4 N–H and O–H groups in total. The highest BCUT2D eigenvalue weighted by Crippen LogP contribution is 2.44. The van der Waals surface area contributed by atoms with Crippen molar-refractivity contribution < 1.29 is 24.2 Å². The highest BCUT2D eigenvalue weighted by Gasteiger charge is 2.29. The average molecular weight is 368 g/mol. The van der Waals surface area contributed by atoms with Crippen LogP contribution in [0.3, 0.4) is 0 Å². The topological polar surface area (TPSA) is 119 Å². The minimum absolute atomic E-state index is 0.0998. The molecular weight excluding hydrogens is 348 g/mol. The third kappa shape index (κ3) is 4.25. The highest BCUT2D eigenvalue weighted by molar-refractivity contribution is 5.80. The van der Waals surface area contributed by atoms with Gasteiger partial charge in [0.1, 0.15) is 6.61 Å². The van der Waals surface area contributed by atoms with E-state index >= 15 is 0 Å². The van der Waals surface area contributed by atoms with Crippen molar-refractivity contribution in [2.24, 2.45) is 5.73 Å². The molecule has 0 aliphatic heterocycles. The van der Waals surface area contributed by atoms with Gasteiger partial charge in [-0.1, -0.05) is 48.5 Å². The van der Waals surface area contributed by atoms with Crippen LogP contribution in [-0.2, 0) is 14.3 Å². The summed E-state index contributed by atoms with van der Waals surface area (Å²) in [6.07, 6.45) is -1.45. The van der Waals surface area contributed by atoms with E-state index in [9.17, 15) is 14.4 Å². The second kappa shape index (κ2) is 7.90. The molecule has 0 bridgehead atoms. The van der Waals surface area contributed by atoms with E-state index in [1.54, 1.807) is 0 Å². The van der Waals surface area contributed by atoms with Crippen LogP contribution in [0.4, 0.5) is 4.79 Å². The van der Waals surface area contributed by atoms with Crippen molar-refractivity contribution >= 4 is 18.0 Å². The third-order valence-electron chi connectivity index (χ3n) is 4.53. The van der Waals surface area contributed by atoms with Crippen LogP contribution in [0.25, 0.3) is 11.1 Å². The van der Waals surface area contributed by atoms with Gasteiger partial charge in [-0.25, -0.2) is 4.79 Å². The molecule has 2 aromatic rings. The van der Waals surface area contributed by atoms with Crippen LogP contribution in [0.1, 0.15) is 29.9 Å². The van der Waals surface area contributed by atoms with E-state index in [1.807, 2.05) is 48.5 Å². The van der Waals surface area contributed by atoms with Crippen LogP contribution in [0.15, 0.2) is 48.5 Å². The monoisotopic (exact) mass is 368 g/mol. The predicted molar refractivity (Wildman–Crippen MR) is 98.1 cm³/mol. The molecule has 0 aromatic heterocycles. The van der Waals surface area contributed by atoms with Crippen molar-refractivity contribution in [1.29, 1.82) is 0 Å². The molecule has 0 saturated carbocycles. The Morgan fingerprint density at radius 2 is 1.56 bits per heavy atom. The summed E-state index contributed by atoms with van der Waals surface area (Å²) in [6.45, 7) is 0.107. The summed E-state index contributed by atoms with van der Waals surface area (Å²) in [5.74, 6) is -1.93. The first-order chi connectivity index (χ1) is 13.0. The number of carbonyl (C=O) groups excluding carboxylic acids is 2. The normalized spacial score (nSPS) is 13.3. The first-order valence-electron chi connectivity index (χ1n) is 8.57. The molecule has 1 unspecified atom stereocenters. The van der Waals surface area contributed by atoms with Crippen molar-refractivity contribution in [2.75, 3.05) is 6.61 Å². The van der Waals surface area contributed by atoms with Crippen molar-refractivity contribution in [2.45, 2.75) is 24.8 Å². The van der Waals surface area contributed by atoms with Crippen LogP contribution in [-0.4, -0.2) is 35.7 Å². The zero-order valence-electron chi connectivity index (χ0n) is 14.6. The largest absolute Gasteiger partial charge is 0.481 e. The third-order valence-corrected chi connectivity index (χ3v) is 4.53. The van der Waals surface area contributed by atoms with Gasteiger partial charge in [0.2, 0.25) is 5.91 Å². The molecule has 27 heavy (non-hydrogen) atoms. The van der Waals surface area contributed by atoms with Crippen molar-refractivity contribution in [3.05, 3.63) is 59.7 Å². The standard InChI is InChI=1S/C20H20N2O5/c21-18(23)9-12(10-19(24)25)22-20(26)27-11-17-15-7-3-1-5-13(15)14-6-2-4-8-16(14)17/h1-8,12,17H,9-11H2,(H2,21,23)(H,22,26)(H,24,25). The maximum atomic E-state index is 12.1. The number of hydrogen-bond donors (Lipinski definition) is 3. The molecule has 2 amide bonds. The van der Waals surface area contributed by atoms with Crippen LogP contribution < -0.4 is 11.1 Å². The fourth-order valence-electron chi connectivity index (χ4n) is 3.43.